The molecule has 0 radical (unpaired) electrons. The van der Waals surface area contributed by atoms with Crippen LogP contribution < -0.4 is 0 Å². The number of Topliss-reactive ketones (excluding diaryl/α,β-unsaturated/α-hetero) is 1. The predicted molar refractivity (Wildman–Crippen MR) is 63.5 cm³/mol. The maximum absolute atomic E-state index is 11.5. The van der Waals surface area contributed by atoms with Crippen molar-refractivity contribution in [1.82, 2.24) is 0 Å². The Balaban J connectivity index is 2.91. The standard InChI is InChI=1S/C11H12BrClO/c1-8-6-9(11(14)4-5-12)2-3-10(8)7-13/h2-3,6H,4-5,7H2,1H3. The number of rotatable bonds is 4. The van der Waals surface area contributed by atoms with E-state index in [2.05, 4.69) is 15.9 Å². The second-order valence-electron chi connectivity index (χ2n) is 3.14. The van der Waals surface area contributed by atoms with Crippen molar-refractivity contribution < 1.29 is 4.79 Å². The molecule has 0 unspecified atom stereocenters. The SMILES string of the molecule is Cc1cc(C(=O)CCBr)ccc1CCl. The molecular weight excluding hydrogens is 263 g/mol. The first-order chi connectivity index (χ1) is 6.69. The first kappa shape index (κ1) is 11.7. The molecule has 0 bridgehead atoms. The number of halogens is 2. The van der Waals surface area contributed by atoms with E-state index < -0.39 is 0 Å². The number of carbonyl (C=O) groups is 1. The summed E-state index contributed by atoms with van der Waals surface area (Å²) in [4.78, 5) is 11.5. The Morgan fingerprint density at radius 1 is 1.50 bits per heavy atom. The topological polar surface area (TPSA) is 17.1 Å². The van der Waals surface area contributed by atoms with Crippen molar-refractivity contribution in [3.05, 3.63) is 34.9 Å². The normalized spacial score (nSPS) is 10.2. The van der Waals surface area contributed by atoms with Gasteiger partial charge in [0, 0.05) is 23.2 Å². The summed E-state index contributed by atoms with van der Waals surface area (Å²) < 4.78 is 0. The first-order valence-corrected chi connectivity index (χ1v) is 6.09. The molecule has 14 heavy (non-hydrogen) atoms. The molecule has 0 atom stereocenters. The molecule has 3 heteroatoms. The van der Waals surface area contributed by atoms with E-state index in [9.17, 15) is 4.79 Å². The number of benzene rings is 1. The minimum absolute atomic E-state index is 0.172. The van der Waals surface area contributed by atoms with Gasteiger partial charge in [0.1, 0.15) is 0 Å². The maximum atomic E-state index is 11.5. The molecule has 0 heterocycles. The van der Waals surface area contributed by atoms with Gasteiger partial charge in [-0.05, 0) is 24.1 Å². The highest BCUT2D eigenvalue weighted by atomic mass is 79.9. The van der Waals surface area contributed by atoms with Crippen LogP contribution in [0.3, 0.4) is 0 Å². The molecule has 1 aromatic rings. The van der Waals surface area contributed by atoms with Crippen molar-refractivity contribution in [1.29, 1.82) is 0 Å². The smallest absolute Gasteiger partial charge is 0.163 e. The van der Waals surface area contributed by atoms with Crippen molar-refractivity contribution in [3.8, 4) is 0 Å². The lowest BCUT2D eigenvalue weighted by Gasteiger charge is -2.04. The summed E-state index contributed by atoms with van der Waals surface area (Å²) in [6.07, 6.45) is 0.541. The summed E-state index contributed by atoms with van der Waals surface area (Å²) in [7, 11) is 0. The summed E-state index contributed by atoms with van der Waals surface area (Å²) in [6, 6.07) is 5.67. The summed E-state index contributed by atoms with van der Waals surface area (Å²) >= 11 is 8.98. The Bertz CT molecular complexity index is 336. The third kappa shape index (κ3) is 2.82. The van der Waals surface area contributed by atoms with Gasteiger partial charge in [-0.3, -0.25) is 4.79 Å². The van der Waals surface area contributed by atoms with Crippen molar-refractivity contribution >= 4 is 33.3 Å². The molecule has 0 amide bonds. The molecule has 1 aromatic carbocycles. The lowest BCUT2D eigenvalue weighted by atomic mass is 10.0. The zero-order valence-corrected chi connectivity index (χ0v) is 10.4. The van der Waals surface area contributed by atoms with Crippen molar-refractivity contribution in [2.75, 3.05) is 5.33 Å². The molecule has 0 aliphatic rings. The van der Waals surface area contributed by atoms with Crippen LogP contribution in [0.2, 0.25) is 0 Å². The van der Waals surface area contributed by atoms with Gasteiger partial charge >= 0.3 is 0 Å². The molecule has 1 nitrogen and oxygen atoms in total. The van der Waals surface area contributed by atoms with Gasteiger partial charge in [0.15, 0.2) is 5.78 Å². The molecule has 0 fully saturated rings. The van der Waals surface area contributed by atoms with E-state index in [1.807, 2.05) is 25.1 Å². The van der Waals surface area contributed by atoms with Crippen molar-refractivity contribution in [2.24, 2.45) is 0 Å². The highest BCUT2D eigenvalue weighted by molar-refractivity contribution is 9.09. The predicted octanol–water partition coefficient (Wildman–Crippen LogP) is 3.70. The number of hydrogen-bond acceptors (Lipinski definition) is 1. The van der Waals surface area contributed by atoms with Crippen LogP contribution in [-0.2, 0) is 5.88 Å². The minimum atomic E-state index is 0.172. The van der Waals surface area contributed by atoms with Crippen LogP contribution in [0.15, 0.2) is 18.2 Å². The number of carbonyl (C=O) groups excluding carboxylic acids is 1. The average molecular weight is 276 g/mol. The van der Waals surface area contributed by atoms with Crippen LogP contribution in [0.4, 0.5) is 0 Å². The van der Waals surface area contributed by atoms with Gasteiger partial charge in [-0.2, -0.15) is 0 Å². The fourth-order valence-electron chi connectivity index (χ4n) is 1.25. The molecule has 0 saturated carbocycles. The number of ketones is 1. The summed E-state index contributed by atoms with van der Waals surface area (Å²) in [5.74, 6) is 0.671. The molecule has 0 saturated heterocycles. The van der Waals surface area contributed by atoms with Gasteiger partial charge in [0.05, 0.1) is 0 Å². The van der Waals surface area contributed by atoms with Crippen LogP contribution in [0.25, 0.3) is 0 Å². The summed E-state index contributed by atoms with van der Waals surface area (Å²) in [5.41, 5.74) is 2.94. The number of alkyl halides is 2. The Morgan fingerprint density at radius 3 is 2.71 bits per heavy atom. The fraction of sp³-hybridized carbons (Fsp3) is 0.364. The fourth-order valence-corrected chi connectivity index (χ4v) is 1.91. The molecule has 0 aliphatic carbocycles. The summed E-state index contributed by atoms with van der Waals surface area (Å²) in [6.45, 7) is 1.97. The third-order valence-electron chi connectivity index (χ3n) is 2.13. The maximum Gasteiger partial charge on any atom is 0.163 e. The monoisotopic (exact) mass is 274 g/mol. The summed E-state index contributed by atoms with van der Waals surface area (Å²) in [5, 5.41) is 0.710. The Kier molecular flexibility index (Phi) is 4.63. The zero-order chi connectivity index (χ0) is 10.6. The molecule has 0 N–H and O–H groups in total. The molecule has 76 valence electrons. The van der Waals surface area contributed by atoms with Crippen LogP contribution in [0.1, 0.15) is 27.9 Å². The lowest BCUT2D eigenvalue weighted by molar-refractivity contribution is 0.0990. The minimum Gasteiger partial charge on any atom is -0.294 e. The van der Waals surface area contributed by atoms with Gasteiger partial charge < -0.3 is 0 Å². The second-order valence-corrected chi connectivity index (χ2v) is 4.20. The second kappa shape index (κ2) is 5.52. The molecule has 0 spiro atoms. The van der Waals surface area contributed by atoms with E-state index in [1.54, 1.807) is 0 Å². The Morgan fingerprint density at radius 2 is 2.21 bits per heavy atom. The first-order valence-electron chi connectivity index (χ1n) is 4.43. The van der Waals surface area contributed by atoms with E-state index in [4.69, 9.17) is 11.6 Å². The largest absolute Gasteiger partial charge is 0.294 e. The van der Waals surface area contributed by atoms with E-state index in [0.717, 1.165) is 16.7 Å². The molecule has 0 aromatic heterocycles. The molecular formula is C11H12BrClO. The highest BCUT2D eigenvalue weighted by Crippen LogP contribution is 2.14. The van der Waals surface area contributed by atoms with Crippen LogP contribution >= 0.6 is 27.5 Å². The van der Waals surface area contributed by atoms with Gasteiger partial charge in [0.25, 0.3) is 0 Å². The van der Waals surface area contributed by atoms with E-state index in [-0.39, 0.29) is 5.78 Å². The van der Waals surface area contributed by atoms with Crippen molar-refractivity contribution in [3.63, 3.8) is 0 Å². The van der Waals surface area contributed by atoms with Crippen LogP contribution in [-0.4, -0.2) is 11.1 Å². The van der Waals surface area contributed by atoms with Gasteiger partial charge in [0.2, 0.25) is 0 Å². The average Bonchev–Trinajstić information content (AvgIpc) is 2.18. The number of aryl methyl sites for hydroxylation is 1. The van der Waals surface area contributed by atoms with Gasteiger partial charge in [-0.25, -0.2) is 0 Å². The van der Waals surface area contributed by atoms with Crippen LogP contribution in [0.5, 0.6) is 0 Å². The lowest BCUT2D eigenvalue weighted by Crippen LogP contribution is -2.00. The van der Waals surface area contributed by atoms with E-state index >= 15 is 0 Å². The Hall–Kier alpha value is -0.340. The third-order valence-corrected chi connectivity index (χ3v) is 2.81. The van der Waals surface area contributed by atoms with Crippen molar-refractivity contribution in [2.45, 2.75) is 19.2 Å². The quantitative estimate of drug-likeness (QED) is 0.605. The van der Waals surface area contributed by atoms with Gasteiger partial charge in [-0.1, -0.05) is 28.1 Å². The molecule has 0 aliphatic heterocycles. The Labute approximate surface area is 97.6 Å². The van der Waals surface area contributed by atoms with E-state index in [1.165, 1.54) is 0 Å². The van der Waals surface area contributed by atoms with Gasteiger partial charge in [-0.15, -0.1) is 11.6 Å². The zero-order valence-electron chi connectivity index (χ0n) is 8.02. The van der Waals surface area contributed by atoms with Crippen LogP contribution in [0, 0.1) is 6.92 Å². The van der Waals surface area contributed by atoms with E-state index in [0.29, 0.717) is 17.6 Å². The number of hydrogen-bond donors (Lipinski definition) is 0. The molecule has 1 rings (SSSR count). The highest BCUT2D eigenvalue weighted by Gasteiger charge is 2.06.